The number of ether oxygens (including phenoxy) is 1. The summed E-state index contributed by atoms with van der Waals surface area (Å²) in [6, 6.07) is 5.82. The van der Waals surface area contributed by atoms with E-state index in [0.717, 1.165) is 18.5 Å². The minimum atomic E-state index is 0.279. The number of rotatable bonds is 7. The molecular formula is C14H24N2O2. The molecule has 18 heavy (non-hydrogen) atoms. The Hall–Kier alpha value is -1.26. The minimum Gasteiger partial charge on any atom is -0.507 e. The third kappa shape index (κ3) is 4.94. The number of nitrogens with zero attached hydrogens (tertiary/aromatic N) is 1. The number of benzene rings is 1. The van der Waals surface area contributed by atoms with E-state index >= 15 is 0 Å². The van der Waals surface area contributed by atoms with Gasteiger partial charge in [0.05, 0.1) is 7.11 Å². The normalized spacial score (nSPS) is 12.7. The van der Waals surface area contributed by atoms with Crippen molar-refractivity contribution in [2.75, 3.05) is 27.7 Å². The number of nitrogens with one attached hydrogen (secondary N) is 1. The Bertz CT molecular complexity index is 367. The molecule has 0 spiro atoms. The van der Waals surface area contributed by atoms with Crippen LogP contribution in [-0.4, -0.2) is 43.8 Å². The quantitative estimate of drug-likeness (QED) is 0.777. The van der Waals surface area contributed by atoms with Gasteiger partial charge in [0.2, 0.25) is 0 Å². The Morgan fingerprint density at radius 3 is 2.67 bits per heavy atom. The van der Waals surface area contributed by atoms with Gasteiger partial charge in [0.25, 0.3) is 0 Å². The lowest BCUT2D eigenvalue weighted by atomic mass is 10.1. The number of methoxy groups -OCH3 is 1. The smallest absolute Gasteiger partial charge is 0.123 e. The summed E-state index contributed by atoms with van der Waals surface area (Å²) in [5.74, 6) is 0.957. The summed E-state index contributed by atoms with van der Waals surface area (Å²) in [6.07, 6.45) is 1.09. The molecule has 0 aromatic heterocycles. The fraction of sp³-hybridized carbons (Fsp3) is 0.571. The van der Waals surface area contributed by atoms with Crippen LogP contribution in [0.3, 0.4) is 0 Å². The fourth-order valence-corrected chi connectivity index (χ4v) is 1.66. The maximum Gasteiger partial charge on any atom is 0.123 e. The molecule has 1 unspecified atom stereocenters. The van der Waals surface area contributed by atoms with Gasteiger partial charge in [-0.2, -0.15) is 0 Å². The average molecular weight is 252 g/mol. The van der Waals surface area contributed by atoms with Crippen molar-refractivity contribution in [2.24, 2.45) is 0 Å². The first-order chi connectivity index (χ1) is 8.52. The van der Waals surface area contributed by atoms with E-state index in [1.54, 1.807) is 13.2 Å². The summed E-state index contributed by atoms with van der Waals surface area (Å²) in [5.41, 5.74) is 0.896. The number of hydrogen-bond donors (Lipinski definition) is 2. The van der Waals surface area contributed by atoms with Gasteiger partial charge in [-0.05, 0) is 40.1 Å². The van der Waals surface area contributed by atoms with Gasteiger partial charge in [-0.1, -0.05) is 6.07 Å². The van der Waals surface area contributed by atoms with Crippen LogP contribution < -0.4 is 10.1 Å². The van der Waals surface area contributed by atoms with Crippen LogP contribution in [0.5, 0.6) is 11.5 Å². The highest BCUT2D eigenvalue weighted by atomic mass is 16.5. The Balaban J connectivity index is 2.43. The molecule has 2 N–H and O–H groups in total. The number of aromatic hydroxyl groups is 1. The Morgan fingerprint density at radius 2 is 2.11 bits per heavy atom. The van der Waals surface area contributed by atoms with Crippen LogP contribution in [0.25, 0.3) is 0 Å². The molecule has 0 fully saturated rings. The van der Waals surface area contributed by atoms with E-state index < -0.39 is 0 Å². The summed E-state index contributed by atoms with van der Waals surface area (Å²) in [7, 11) is 5.74. The second-order valence-electron chi connectivity index (χ2n) is 4.87. The molecular weight excluding hydrogens is 228 g/mol. The van der Waals surface area contributed by atoms with Crippen LogP contribution in [0, 0.1) is 0 Å². The second kappa shape index (κ2) is 7.24. The SMILES string of the molecule is COc1ccc(CNC(C)CCN(C)C)c(O)c1. The van der Waals surface area contributed by atoms with Gasteiger partial charge in [-0.25, -0.2) is 0 Å². The summed E-state index contributed by atoms with van der Waals surface area (Å²) in [5, 5.41) is 13.2. The molecule has 0 aliphatic rings. The third-order valence-electron chi connectivity index (χ3n) is 2.94. The van der Waals surface area contributed by atoms with Crippen molar-refractivity contribution in [2.45, 2.75) is 25.9 Å². The highest BCUT2D eigenvalue weighted by Crippen LogP contribution is 2.23. The highest BCUT2D eigenvalue weighted by Gasteiger charge is 2.06. The van der Waals surface area contributed by atoms with Crippen LogP contribution in [-0.2, 0) is 6.54 Å². The van der Waals surface area contributed by atoms with E-state index in [9.17, 15) is 5.11 Å². The first kappa shape index (κ1) is 14.8. The third-order valence-corrected chi connectivity index (χ3v) is 2.94. The van der Waals surface area contributed by atoms with E-state index in [1.165, 1.54) is 0 Å². The lowest BCUT2D eigenvalue weighted by Gasteiger charge is -2.17. The average Bonchev–Trinajstić information content (AvgIpc) is 2.34. The molecule has 0 saturated heterocycles. The fourth-order valence-electron chi connectivity index (χ4n) is 1.66. The van der Waals surface area contributed by atoms with Crippen LogP contribution in [0.1, 0.15) is 18.9 Å². The largest absolute Gasteiger partial charge is 0.507 e. The highest BCUT2D eigenvalue weighted by molar-refractivity contribution is 5.39. The predicted octanol–water partition coefficient (Wildman–Crippen LogP) is 1.83. The summed E-state index contributed by atoms with van der Waals surface area (Å²) >= 11 is 0. The first-order valence-electron chi connectivity index (χ1n) is 6.27. The zero-order valence-electron chi connectivity index (χ0n) is 11.7. The van der Waals surface area contributed by atoms with E-state index in [2.05, 4.69) is 31.2 Å². The maximum absolute atomic E-state index is 9.83. The topological polar surface area (TPSA) is 44.7 Å². The van der Waals surface area contributed by atoms with Crippen molar-refractivity contribution in [1.29, 1.82) is 0 Å². The van der Waals surface area contributed by atoms with Gasteiger partial charge in [-0.15, -0.1) is 0 Å². The van der Waals surface area contributed by atoms with Gasteiger partial charge < -0.3 is 20.1 Å². The molecule has 0 saturated carbocycles. The first-order valence-corrected chi connectivity index (χ1v) is 6.27. The molecule has 0 bridgehead atoms. The number of phenolic OH excluding ortho intramolecular Hbond substituents is 1. The van der Waals surface area contributed by atoms with Crippen LogP contribution in [0.15, 0.2) is 18.2 Å². The molecule has 0 radical (unpaired) electrons. The van der Waals surface area contributed by atoms with Crippen LogP contribution in [0.4, 0.5) is 0 Å². The lowest BCUT2D eigenvalue weighted by molar-refractivity contribution is 0.364. The van der Waals surface area contributed by atoms with Gasteiger partial charge in [0, 0.05) is 24.2 Å². The summed E-state index contributed by atoms with van der Waals surface area (Å²) in [4.78, 5) is 2.17. The van der Waals surface area contributed by atoms with Crippen molar-refractivity contribution in [1.82, 2.24) is 10.2 Å². The molecule has 0 amide bonds. The molecule has 4 nitrogen and oxygen atoms in total. The minimum absolute atomic E-state index is 0.279. The van der Waals surface area contributed by atoms with Crippen molar-refractivity contribution >= 4 is 0 Å². The molecule has 0 aliphatic carbocycles. The Labute approximate surface area is 110 Å². The van der Waals surface area contributed by atoms with Crippen molar-refractivity contribution in [3.63, 3.8) is 0 Å². The van der Waals surface area contributed by atoms with E-state index in [4.69, 9.17) is 4.74 Å². The van der Waals surface area contributed by atoms with Gasteiger partial charge in [0.1, 0.15) is 11.5 Å². The predicted molar refractivity (Wildman–Crippen MR) is 74.1 cm³/mol. The second-order valence-corrected chi connectivity index (χ2v) is 4.87. The standard InChI is InChI=1S/C14H24N2O2/c1-11(7-8-16(2)3)15-10-12-5-6-13(18-4)9-14(12)17/h5-6,9,11,15,17H,7-8,10H2,1-4H3. The van der Waals surface area contributed by atoms with Crippen molar-refractivity contribution in [3.05, 3.63) is 23.8 Å². The van der Waals surface area contributed by atoms with Gasteiger partial charge in [0.15, 0.2) is 0 Å². The van der Waals surface area contributed by atoms with Crippen LogP contribution >= 0.6 is 0 Å². The number of phenols is 1. The number of hydrogen-bond acceptors (Lipinski definition) is 4. The molecule has 102 valence electrons. The zero-order valence-corrected chi connectivity index (χ0v) is 11.7. The summed E-state index contributed by atoms with van der Waals surface area (Å²) in [6.45, 7) is 3.89. The van der Waals surface area contributed by atoms with Crippen molar-refractivity contribution < 1.29 is 9.84 Å². The van der Waals surface area contributed by atoms with Gasteiger partial charge >= 0.3 is 0 Å². The van der Waals surface area contributed by atoms with Crippen molar-refractivity contribution in [3.8, 4) is 11.5 Å². The van der Waals surface area contributed by atoms with E-state index in [0.29, 0.717) is 18.3 Å². The van der Waals surface area contributed by atoms with Crippen LogP contribution in [0.2, 0.25) is 0 Å². The van der Waals surface area contributed by atoms with E-state index in [-0.39, 0.29) is 5.75 Å². The molecule has 0 heterocycles. The zero-order chi connectivity index (χ0) is 13.5. The molecule has 1 aromatic carbocycles. The maximum atomic E-state index is 9.83. The monoisotopic (exact) mass is 252 g/mol. The molecule has 0 aliphatic heterocycles. The molecule has 1 rings (SSSR count). The summed E-state index contributed by atoms with van der Waals surface area (Å²) < 4.78 is 5.05. The Kier molecular flexibility index (Phi) is 5.95. The lowest BCUT2D eigenvalue weighted by Crippen LogP contribution is -2.29. The molecule has 1 aromatic rings. The Morgan fingerprint density at radius 1 is 1.39 bits per heavy atom. The molecule has 4 heteroatoms. The molecule has 1 atom stereocenters. The van der Waals surface area contributed by atoms with E-state index in [1.807, 2.05) is 12.1 Å². The van der Waals surface area contributed by atoms with Gasteiger partial charge in [-0.3, -0.25) is 0 Å².